The first-order valence-corrected chi connectivity index (χ1v) is 14.4. The minimum Gasteiger partial charge on any atom is -0.463 e. The van der Waals surface area contributed by atoms with E-state index in [0.717, 1.165) is 6.26 Å². The van der Waals surface area contributed by atoms with Crippen LogP contribution < -0.4 is 0 Å². The molecule has 0 aliphatic rings. The summed E-state index contributed by atoms with van der Waals surface area (Å²) in [5.41, 5.74) is -0.402. The predicted molar refractivity (Wildman–Crippen MR) is 116 cm³/mol. The Morgan fingerprint density at radius 1 is 1.28 bits per heavy atom. The van der Waals surface area contributed by atoms with E-state index in [4.69, 9.17) is 20.8 Å². The van der Waals surface area contributed by atoms with Crippen molar-refractivity contribution in [3.8, 4) is 0 Å². The van der Waals surface area contributed by atoms with E-state index in [1.807, 2.05) is 6.92 Å². The molecule has 0 spiro atoms. The molecule has 1 rings (SSSR count). The molecule has 0 saturated carbocycles. The highest BCUT2D eigenvalue weighted by Crippen LogP contribution is 2.39. The van der Waals surface area contributed by atoms with Gasteiger partial charge in [-0.3, -0.25) is 0 Å². The predicted octanol–water partition coefficient (Wildman–Crippen LogP) is 3.93. The Balaban J connectivity index is 3.39. The molecular formula is C19H31ClN2O5SSi. The molecule has 1 aromatic rings. The maximum absolute atomic E-state index is 11.9. The fourth-order valence-corrected chi connectivity index (χ4v) is 4.10. The van der Waals surface area contributed by atoms with Crippen molar-refractivity contribution in [1.82, 2.24) is 9.97 Å². The third-order valence-corrected chi connectivity index (χ3v) is 10.7. The van der Waals surface area contributed by atoms with Crippen LogP contribution in [0.5, 0.6) is 0 Å². The summed E-state index contributed by atoms with van der Waals surface area (Å²) in [6.45, 7) is 14.7. The SMILES string of the molecule is CCOC(=O)/C=C/C(C)(CO[Si](C)(C)C(C)(C)C)c1cnc(S(C)(=O)=O)nc1Cl. The summed E-state index contributed by atoms with van der Waals surface area (Å²) in [6, 6.07) is 0. The molecule has 0 aromatic carbocycles. The van der Waals surface area contributed by atoms with Gasteiger partial charge in [0, 0.05) is 36.1 Å². The molecule has 1 atom stereocenters. The molecule has 0 N–H and O–H groups in total. The lowest BCUT2D eigenvalue weighted by Crippen LogP contribution is -2.44. The zero-order chi connectivity index (χ0) is 22.7. The van der Waals surface area contributed by atoms with Crippen LogP contribution in [0.1, 0.15) is 40.2 Å². The average Bonchev–Trinajstić information content (AvgIpc) is 2.56. The number of ether oxygens (including phenoxy) is 1. The van der Waals surface area contributed by atoms with E-state index in [1.54, 1.807) is 13.0 Å². The van der Waals surface area contributed by atoms with Crippen LogP contribution in [-0.4, -0.2) is 52.1 Å². The van der Waals surface area contributed by atoms with Crippen molar-refractivity contribution in [1.29, 1.82) is 0 Å². The number of sulfone groups is 1. The van der Waals surface area contributed by atoms with E-state index in [1.165, 1.54) is 12.3 Å². The van der Waals surface area contributed by atoms with Crippen LogP contribution in [0.3, 0.4) is 0 Å². The van der Waals surface area contributed by atoms with Crippen molar-refractivity contribution in [2.75, 3.05) is 19.5 Å². The van der Waals surface area contributed by atoms with E-state index < -0.39 is 29.5 Å². The molecule has 164 valence electrons. The normalized spacial score (nSPS) is 15.3. The van der Waals surface area contributed by atoms with Gasteiger partial charge in [-0.05, 0) is 32.0 Å². The molecule has 0 bridgehead atoms. The first-order chi connectivity index (χ1) is 13.0. The van der Waals surface area contributed by atoms with Crippen LogP contribution in [0.15, 0.2) is 23.5 Å². The average molecular weight is 463 g/mol. The first kappa shape index (κ1) is 25.7. The fraction of sp³-hybridized carbons (Fsp3) is 0.632. The Bertz CT molecular complexity index is 881. The lowest BCUT2D eigenvalue weighted by molar-refractivity contribution is -0.137. The molecule has 29 heavy (non-hydrogen) atoms. The van der Waals surface area contributed by atoms with Gasteiger partial charge in [0.05, 0.1) is 6.61 Å². The van der Waals surface area contributed by atoms with Gasteiger partial charge >= 0.3 is 5.97 Å². The third kappa shape index (κ3) is 6.87. The number of hydrogen-bond donors (Lipinski definition) is 0. The van der Waals surface area contributed by atoms with Gasteiger partial charge in [-0.1, -0.05) is 38.4 Å². The van der Waals surface area contributed by atoms with Crippen molar-refractivity contribution in [3.63, 3.8) is 0 Å². The lowest BCUT2D eigenvalue weighted by Gasteiger charge is -2.39. The second kappa shape index (κ2) is 9.24. The van der Waals surface area contributed by atoms with Crippen LogP contribution in [0.2, 0.25) is 23.3 Å². The van der Waals surface area contributed by atoms with E-state index in [0.29, 0.717) is 5.56 Å². The quantitative estimate of drug-likeness (QED) is 0.190. The second-order valence-electron chi connectivity index (χ2n) is 8.68. The minimum absolute atomic E-state index is 0.00438. The zero-order valence-electron chi connectivity index (χ0n) is 18.4. The molecule has 0 radical (unpaired) electrons. The summed E-state index contributed by atoms with van der Waals surface area (Å²) in [6.07, 6.45) is 5.34. The zero-order valence-corrected chi connectivity index (χ0v) is 20.9. The van der Waals surface area contributed by atoms with Gasteiger partial charge < -0.3 is 9.16 Å². The van der Waals surface area contributed by atoms with Gasteiger partial charge in [0.25, 0.3) is 0 Å². The maximum Gasteiger partial charge on any atom is 0.330 e. The summed E-state index contributed by atoms with van der Waals surface area (Å²) >= 11 is 6.33. The number of esters is 1. The molecule has 0 amide bonds. The number of nitrogens with zero attached hydrogens (tertiary/aromatic N) is 2. The van der Waals surface area contributed by atoms with Crippen molar-refractivity contribution in [2.24, 2.45) is 0 Å². The summed E-state index contributed by atoms with van der Waals surface area (Å²) in [7, 11) is -5.71. The standard InChI is InChI=1S/C19H31ClN2O5SSi/c1-9-26-15(23)10-11-19(5,13-27-29(7,8)18(2,3)4)14-12-21-17(22-16(14)20)28(6,24)25/h10-12H,9,13H2,1-8H3/b11-10+. The molecule has 0 aliphatic carbocycles. The summed E-state index contributed by atoms with van der Waals surface area (Å²) in [5.74, 6) is -0.490. The summed E-state index contributed by atoms with van der Waals surface area (Å²) in [4.78, 5) is 19.8. The van der Waals surface area contributed by atoms with Crippen LogP contribution in [0.4, 0.5) is 0 Å². The van der Waals surface area contributed by atoms with Gasteiger partial charge in [-0.15, -0.1) is 0 Å². The van der Waals surface area contributed by atoms with Crippen LogP contribution >= 0.6 is 11.6 Å². The van der Waals surface area contributed by atoms with E-state index in [2.05, 4.69) is 43.8 Å². The molecular weight excluding hydrogens is 432 g/mol. The van der Waals surface area contributed by atoms with E-state index in [9.17, 15) is 13.2 Å². The number of halogens is 1. The molecule has 1 heterocycles. The monoisotopic (exact) mass is 462 g/mol. The van der Waals surface area contributed by atoms with Crippen molar-refractivity contribution in [3.05, 3.63) is 29.1 Å². The Labute approximate surface area is 179 Å². The largest absolute Gasteiger partial charge is 0.463 e. The Morgan fingerprint density at radius 2 is 1.86 bits per heavy atom. The molecule has 0 saturated heterocycles. The number of aromatic nitrogens is 2. The molecule has 1 aromatic heterocycles. The van der Waals surface area contributed by atoms with E-state index >= 15 is 0 Å². The fourth-order valence-electron chi connectivity index (χ4n) is 2.11. The third-order valence-electron chi connectivity index (χ3n) is 5.08. The molecule has 10 heteroatoms. The smallest absolute Gasteiger partial charge is 0.330 e. The molecule has 1 unspecified atom stereocenters. The number of hydrogen-bond acceptors (Lipinski definition) is 7. The van der Waals surface area contributed by atoms with Gasteiger partial charge in [0.15, 0.2) is 8.32 Å². The van der Waals surface area contributed by atoms with Crippen LogP contribution in [0.25, 0.3) is 0 Å². The van der Waals surface area contributed by atoms with Crippen molar-refractivity contribution < 1.29 is 22.4 Å². The van der Waals surface area contributed by atoms with Gasteiger partial charge in [-0.25, -0.2) is 23.2 Å². The Hall–Kier alpha value is -1.29. The molecule has 0 aliphatic heterocycles. The highest BCUT2D eigenvalue weighted by atomic mass is 35.5. The van der Waals surface area contributed by atoms with Crippen LogP contribution in [-0.2, 0) is 29.2 Å². The molecule has 7 nitrogen and oxygen atoms in total. The summed E-state index contributed by atoms with van der Waals surface area (Å²) < 4.78 is 34.8. The number of carbonyl (C=O) groups excluding carboxylic acids is 1. The Kier molecular flexibility index (Phi) is 8.20. The van der Waals surface area contributed by atoms with Gasteiger partial charge in [0.2, 0.25) is 15.0 Å². The maximum atomic E-state index is 11.9. The highest BCUT2D eigenvalue weighted by Gasteiger charge is 2.40. The lowest BCUT2D eigenvalue weighted by atomic mass is 9.84. The van der Waals surface area contributed by atoms with E-state index in [-0.39, 0.29) is 28.6 Å². The minimum atomic E-state index is -3.60. The first-order valence-electron chi connectivity index (χ1n) is 9.26. The number of rotatable bonds is 8. The van der Waals surface area contributed by atoms with Crippen molar-refractivity contribution in [2.45, 2.75) is 63.3 Å². The number of carbonyl (C=O) groups is 1. The van der Waals surface area contributed by atoms with Crippen molar-refractivity contribution >= 4 is 35.7 Å². The van der Waals surface area contributed by atoms with Gasteiger partial charge in [0.1, 0.15) is 5.15 Å². The summed E-state index contributed by atoms with van der Waals surface area (Å²) in [5, 5.41) is -0.372. The van der Waals surface area contributed by atoms with Crippen LogP contribution in [0, 0.1) is 0 Å². The highest BCUT2D eigenvalue weighted by molar-refractivity contribution is 7.90. The topological polar surface area (TPSA) is 95.5 Å². The molecule has 0 fully saturated rings. The van der Waals surface area contributed by atoms with Gasteiger partial charge in [-0.2, -0.15) is 0 Å². The Morgan fingerprint density at radius 3 is 2.31 bits per heavy atom. The second-order valence-corrected chi connectivity index (χ2v) is 15.8.